The predicted molar refractivity (Wildman–Crippen MR) is 75.4 cm³/mol. The molecule has 0 saturated heterocycles. The lowest BCUT2D eigenvalue weighted by molar-refractivity contribution is 0.476. The maximum absolute atomic E-state index is 9.47. The summed E-state index contributed by atoms with van der Waals surface area (Å²) in [7, 11) is 0. The van der Waals surface area contributed by atoms with E-state index in [1.807, 2.05) is 0 Å². The highest BCUT2D eigenvalue weighted by Gasteiger charge is 2.10. The Morgan fingerprint density at radius 1 is 1.24 bits per heavy atom. The number of halogens is 2. The summed E-state index contributed by atoms with van der Waals surface area (Å²) in [5.74, 6) is -0.0551. The summed E-state index contributed by atoms with van der Waals surface area (Å²) in [6.45, 7) is 4.33. The zero-order valence-electron chi connectivity index (χ0n) is 10.3. The molecule has 0 aromatic heterocycles. The number of nitrogens with one attached hydrogen (secondary N) is 1. The molecule has 0 aliphatic carbocycles. The maximum atomic E-state index is 9.47. The molecule has 96 valence electrons. The van der Waals surface area contributed by atoms with Crippen molar-refractivity contribution in [2.45, 2.75) is 45.6 Å². The molecular weight excluding hydrogens is 257 g/mol. The van der Waals surface area contributed by atoms with Gasteiger partial charge in [0, 0.05) is 11.7 Å². The van der Waals surface area contributed by atoms with Gasteiger partial charge in [-0.25, -0.2) is 0 Å². The Balaban J connectivity index is 2.72. The first-order valence-electron chi connectivity index (χ1n) is 6.03. The molecular formula is C13H19Cl2NO. The van der Waals surface area contributed by atoms with Gasteiger partial charge in [-0.1, -0.05) is 49.9 Å². The van der Waals surface area contributed by atoms with Crippen LogP contribution in [0.4, 0.5) is 5.69 Å². The second kappa shape index (κ2) is 6.97. The fourth-order valence-electron chi connectivity index (χ4n) is 1.71. The highest BCUT2D eigenvalue weighted by Crippen LogP contribution is 2.35. The summed E-state index contributed by atoms with van der Waals surface area (Å²) >= 11 is 11.8. The summed E-state index contributed by atoms with van der Waals surface area (Å²) in [6.07, 6.45) is 4.57. The van der Waals surface area contributed by atoms with Gasteiger partial charge in [-0.05, 0) is 25.0 Å². The van der Waals surface area contributed by atoms with Crippen LogP contribution in [0.2, 0.25) is 10.0 Å². The highest BCUT2D eigenvalue weighted by atomic mass is 35.5. The Morgan fingerprint density at radius 2 is 1.82 bits per heavy atom. The Morgan fingerprint density at radius 3 is 2.29 bits per heavy atom. The lowest BCUT2D eigenvalue weighted by Gasteiger charge is -2.18. The van der Waals surface area contributed by atoms with Gasteiger partial charge in [-0.3, -0.25) is 0 Å². The van der Waals surface area contributed by atoms with Crippen molar-refractivity contribution in [3.8, 4) is 5.75 Å². The van der Waals surface area contributed by atoms with Crippen molar-refractivity contribution in [3.63, 3.8) is 0 Å². The van der Waals surface area contributed by atoms with Crippen LogP contribution in [0.25, 0.3) is 0 Å². The zero-order chi connectivity index (χ0) is 12.8. The molecule has 1 atom stereocenters. The highest BCUT2D eigenvalue weighted by molar-refractivity contribution is 6.37. The molecule has 0 radical (unpaired) electrons. The second-order valence-electron chi connectivity index (χ2n) is 4.18. The van der Waals surface area contributed by atoms with Crippen molar-refractivity contribution in [2.75, 3.05) is 5.32 Å². The van der Waals surface area contributed by atoms with Crippen LogP contribution < -0.4 is 5.32 Å². The Kier molecular flexibility index (Phi) is 5.93. The van der Waals surface area contributed by atoms with E-state index < -0.39 is 0 Å². The first kappa shape index (κ1) is 14.5. The standard InChI is InChI=1S/C13H19Cl2NO/c1-3-5-6-9(4-2)16-10-7-11(14)13(17)12(15)8-10/h7-9,16-17H,3-6H2,1-2H3. The van der Waals surface area contributed by atoms with Crippen molar-refractivity contribution in [3.05, 3.63) is 22.2 Å². The van der Waals surface area contributed by atoms with Crippen molar-refractivity contribution in [1.29, 1.82) is 0 Å². The molecule has 1 rings (SSSR count). The van der Waals surface area contributed by atoms with Crippen LogP contribution in [0.15, 0.2) is 12.1 Å². The van der Waals surface area contributed by atoms with Crippen molar-refractivity contribution >= 4 is 28.9 Å². The molecule has 2 nitrogen and oxygen atoms in total. The van der Waals surface area contributed by atoms with E-state index in [4.69, 9.17) is 23.2 Å². The van der Waals surface area contributed by atoms with Gasteiger partial charge in [0.1, 0.15) is 0 Å². The molecule has 0 saturated carbocycles. The minimum Gasteiger partial charge on any atom is -0.505 e. The first-order valence-corrected chi connectivity index (χ1v) is 6.78. The number of unbranched alkanes of at least 4 members (excludes halogenated alkanes) is 1. The molecule has 0 amide bonds. The number of aromatic hydroxyl groups is 1. The third-order valence-corrected chi connectivity index (χ3v) is 3.36. The summed E-state index contributed by atoms with van der Waals surface area (Å²) in [4.78, 5) is 0. The van der Waals surface area contributed by atoms with Gasteiger partial charge in [-0.2, -0.15) is 0 Å². The molecule has 0 aliphatic rings. The van der Waals surface area contributed by atoms with Crippen molar-refractivity contribution in [2.24, 2.45) is 0 Å². The average Bonchev–Trinajstić information content (AvgIpc) is 2.31. The minimum absolute atomic E-state index is 0.0551. The largest absolute Gasteiger partial charge is 0.505 e. The molecule has 0 aliphatic heterocycles. The van der Waals surface area contributed by atoms with Gasteiger partial charge in [0.25, 0.3) is 0 Å². The number of rotatable bonds is 6. The van der Waals surface area contributed by atoms with Gasteiger partial charge in [0.15, 0.2) is 5.75 Å². The summed E-state index contributed by atoms with van der Waals surface area (Å²) in [6, 6.07) is 3.83. The van der Waals surface area contributed by atoms with Gasteiger partial charge < -0.3 is 10.4 Å². The molecule has 1 aromatic carbocycles. The normalized spacial score (nSPS) is 12.5. The molecule has 2 N–H and O–H groups in total. The van der Waals surface area contributed by atoms with E-state index in [0.29, 0.717) is 6.04 Å². The molecule has 1 aromatic rings. The zero-order valence-corrected chi connectivity index (χ0v) is 11.8. The van der Waals surface area contributed by atoms with E-state index in [-0.39, 0.29) is 15.8 Å². The topological polar surface area (TPSA) is 32.3 Å². The SMILES string of the molecule is CCCCC(CC)Nc1cc(Cl)c(O)c(Cl)c1. The van der Waals surface area contributed by atoms with Crippen LogP contribution in [-0.4, -0.2) is 11.1 Å². The quantitative estimate of drug-likeness (QED) is 0.710. The summed E-state index contributed by atoms with van der Waals surface area (Å²) < 4.78 is 0. The van der Waals surface area contributed by atoms with Gasteiger partial charge >= 0.3 is 0 Å². The van der Waals surface area contributed by atoms with Crippen LogP contribution in [0.3, 0.4) is 0 Å². The summed E-state index contributed by atoms with van der Waals surface area (Å²) in [5, 5.41) is 13.4. The lowest BCUT2D eigenvalue weighted by Crippen LogP contribution is -2.18. The van der Waals surface area contributed by atoms with E-state index >= 15 is 0 Å². The number of benzene rings is 1. The molecule has 1 unspecified atom stereocenters. The number of hydrogen-bond acceptors (Lipinski definition) is 2. The van der Waals surface area contributed by atoms with E-state index in [2.05, 4.69) is 19.2 Å². The monoisotopic (exact) mass is 275 g/mol. The van der Waals surface area contributed by atoms with Crippen molar-refractivity contribution in [1.82, 2.24) is 0 Å². The minimum atomic E-state index is -0.0551. The summed E-state index contributed by atoms with van der Waals surface area (Å²) in [5.41, 5.74) is 0.862. The fraction of sp³-hybridized carbons (Fsp3) is 0.538. The smallest absolute Gasteiger partial charge is 0.152 e. The van der Waals surface area contributed by atoms with Gasteiger partial charge in [0.2, 0.25) is 0 Å². The molecule has 0 fully saturated rings. The molecule has 4 heteroatoms. The van der Waals surface area contributed by atoms with E-state index in [1.54, 1.807) is 12.1 Å². The van der Waals surface area contributed by atoms with Crippen molar-refractivity contribution < 1.29 is 5.11 Å². The molecule has 0 bridgehead atoms. The Labute approximate surface area is 113 Å². The Hall–Kier alpha value is -0.600. The number of phenols is 1. The van der Waals surface area contributed by atoms with Gasteiger partial charge in [0.05, 0.1) is 10.0 Å². The van der Waals surface area contributed by atoms with E-state index in [9.17, 15) is 5.11 Å². The average molecular weight is 276 g/mol. The maximum Gasteiger partial charge on any atom is 0.152 e. The fourth-order valence-corrected chi connectivity index (χ4v) is 2.20. The van der Waals surface area contributed by atoms with E-state index in [1.165, 1.54) is 12.8 Å². The van der Waals surface area contributed by atoms with Crippen LogP contribution in [-0.2, 0) is 0 Å². The van der Waals surface area contributed by atoms with Crippen LogP contribution >= 0.6 is 23.2 Å². The second-order valence-corrected chi connectivity index (χ2v) is 4.99. The predicted octanol–water partition coefficient (Wildman–Crippen LogP) is 5.08. The lowest BCUT2D eigenvalue weighted by atomic mass is 10.1. The number of hydrogen-bond donors (Lipinski definition) is 2. The molecule has 0 heterocycles. The Bertz CT molecular complexity index is 345. The van der Waals surface area contributed by atoms with Crippen LogP contribution in [0.1, 0.15) is 39.5 Å². The number of phenolic OH excluding ortho intramolecular Hbond substituents is 1. The van der Waals surface area contributed by atoms with E-state index in [0.717, 1.165) is 18.5 Å². The number of anilines is 1. The van der Waals surface area contributed by atoms with Crippen LogP contribution in [0.5, 0.6) is 5.75 Å². The molecule has 0 spiro atoms. The first-order chi connectivity index (χ1) is 8.08. The third-order valence-electron chi connectivity index (χ3n) is 2.79. The van der Waals surface area contributed by atoms with Crippen LogP contribution in [0, 0.1) is 0 Å². The third kappa shape index (κ3) is 4.29. The van der Waals surface area contributed by atoms with Gasteiger partial charge in [-0.15, -0.1) is 0 Å². The molecule has 17 heavy (non-hydrogen) atoms.